The van der Waals surface area contributed by atoms with Gasteiger partial charge in [-0.15, -0.1) is 0 Å². The fourth-order valence-corrected chi connectivity index (χ4v) is 2.66. The average molecular weight is 280 g/mol. The Morgan fingerprint density at radius 1 is 1.19 bits per heavy atom. The van der Waals surface area contributed by atoms with Crippen LogP contribution in [-0.4, -0.2) is 21.3 Å². The number of carbonyl (C=O) groups is 1. The zero-order valence-corrected chi connectivity index (χ0v) is 11.7. The minimum atomic E-state index is -0.798. The summed E-state index contributed by atoms with van der Waals surface area (Å²) in [6, 6.07) is 15.7. The lowest BCUT2D eigenvalue weighted by atomic mass is 9.88. The van der Waals surface area contributed by atoms with E-state index in [1.54, 1.807) is 0 Å². The lowest BCUT2D eigenvalue weighted by Crippen LogP contribution is -2.07. The van der Waals surface area contributed by atoms with E-state index >= 15 is 0 Å². The molecule has 1 atom stereocenters. The molecule has 4 nitrogen and oxygen atoms in total. The number of carboxylic acids is 1. The Balaban J connectivity index is 2.09. The molecule has 0 spiro atoms. The van der Waals surface area contributed by atoms with Crippen molar-refractivity contribution >= 4 is 16.9 Å². The molecule has 1 heterocycles. The molecule has 3 rings (SSSR count). The largest absolute Gasteiger partial charge is 0.481 e. The van der Waals surface area contributed by atoms with Crippen molar-refractivity contribution in [2.45, 2.75) is 19.3 Å². The highest BCUT2D eigenvalue weighted by Gasteiger charge is 2.18. The molecule has 4 heteroatoms. The molecule has 0 fully saturated rings. The van der Waals surface area contributed by atoms with Crippen LogP contribution < -0.4 is 0 Å². The Kier molecular flexibility index (Phi) is 3.44. The van der Waals surface area contributed by atoms with Crippen LogP contribution in [0.2, 0.25) is 0 Å². The van der Waals surface area contributed by atoms with Crippen LogP contribution in [0.25, 0.3) is 10.9 Å². The third-order valence-electron chi connectivity index (χ3n) is 3.75. The van der Waals surface area contributed by atoms with Gasteiger partial charge in [0.05, 0.1) is 11.9 Å². The van der Waals surface area contributed by atoms with Gasteiger partial charge in [-0.1, -0.05) is 36.4 Å². The maximum Gasteiger partial charge on any atom is 0.304 e. The maximum atomic E-state index is 11.2. The summed E-state index contributed by atoms with van der Waals surface area (Å²) in [6.45, 7) is 1.97. The Morgan fingerprint density at radius 3 is 2.67 bits per heavy atom. The monoisotopic (exact) mass is 280 g/mol. The van der Waals surface area contributed by atoms with Gasteiger partial charge in [0.1, 0.15) is 0 Å². The molecule has 0 aliphatic carbocycles. The number of hydrogen-bond acceptors (Lipinski definition) is 2. The van der Waals surface area contributed by atoms with E-state index in [2.05, 4.69) is 10.2 Å². The predicted octanol–water partition coefficient (Wildman–Crippen LogP) is 3.48. The molecule has 2 N–H and O–H groups in total. The number of aromatic nitrogens is 2. The van der Waals surface area contributed by atoms with Crippen LogP contribution in [-0.2, 0) is 4.79 Å². The van der Waals surface area contributed by atoms with Crippen molar-refractivity contribution in [2.24, 2.45) is 0 Å². The van der Waals surface area contributed by atoms with Crippen molar-refractivity contribution in [2.75, 3.05) is 0 Å². The number of H-pyrrole nitrogens is 1. The first kappa shape index (κ1) is 13.4. The van der Waals surface area contributed by atoms with Crippen molar-refractivity contribution in [3.05, 3.63) is 65.4 Å². The second kappa shape index (κ2) is 5.40. The van der Waals surface area contributed by atoms with Crippen LogP contribution in [0.4, 0.5) is 0 Å². The summed E-state index contributed by atoms with van der Waals surface area (Å²) in [6.07, 6.45) is 0.0758. The summed E-state index contributed by atoms with van der Waals surface area (Å²) in [7, 11) is 0. The van der Waals surface area contributed by atoms with Crippen LogP contribution in [0.5, 0.6) is 0 Å². The number of rotatable bonds is 4. The number of nitrogens with one attached hydrogen (secondary N) is 1. The second-order valence-electron chi connectivity index (χ2n) is 5.19. The maximum absolute atomic E-state index is 11.2. The highest BCUT2D eigenvalue weighted by molar-refractivity contribution is 5.82. The summed E-state index contributed by atoms with van der Waals surface area (Å²) >= 11 is 0. The lowest BCUT2D eigenvalue weighted by Gasteiger charge is -2.16. The Morgan fingerprint density at radius 2 is 1.95 bits per heavy atom. The average Bonchev–Trinajstić information content (AvgIpc) is 2.86. The minimum Gasteiger partial charge on any atom is -0.481 e. The number of aryl methyl sites for hydroxylation is 1. The van der Waals surface area contributed by atoms with Gasteiger partial charge in [-0.2, -0.15) is 5.10 Å². The van der Waals surface area contributed by atoms with Gasteiger partial charge in [0.25, 0.3) is 0 Å². The van der Waals surface area contributed by atoms with E-state index in [-0.39, 0.29) is 12.3 Å². The molecule has 0 amide bonds. The van der Waals surface area contributed by atoms with Crippen molar-refractivity contribution < 1.29 is 9.90 Å². The summed E-state index contributed by atoms with van der Waals surface area (Å²) in [5.74, 6) is -0.949. The molecule has 0 aliphatic heterocycles. The van der Waals surface area contributed by atoms with Crippen LogP contribution in [0.1, 0.15) is 29.2 Å². The molecule has 0 radical (unpaired) electrons. The Labute approximate surface area is 122 Å². The van der Waals surface area contributed by atoms with Gasteiger partial charge in [0, 0.05) is 17.0 Å². The summed E-state index contributed by atoms with van der Waals surface area (Å²) in [5.41, 5.74) is 3.91. The quantitative estimate of drug-likeness (QED) is 0.769. The van der Waals surface area contributed by atoms with Crippen LogP contribution in [0, 0.1) is 6.92 Å². The number of carboxylic acid groups (broad SMARTS) is 1. The van der Waals surface area contributed by atoms with Gasteiger partial charge in [0.2, 0.25) is 0 Å². The van der Waals surface area contributed by atoms with E-state index in [1.165, 1.54) is 0 Å². The molecule has 3 aromatic rings. The predicted molar refractivity (Wildman–Crippen MR) is 81.4 cm³/mol. The number of hydrogen-bond donors (Lipinski definition) is 2. The number of fused-ring (bicyclic) bond motifs is 1. The summed E-state index contributed by atoms with van der Waals surface area (Å²) in [4.78, 5) is 11.2. The summed E-state index contributed by atoms with van der Waals surface area (Å²) in [5, 5.41) is 17.4. The smallest absolute Gasteiger partial charge is 0.304 e. The van der Waals surface area contributed by atoms with Gasteiger partial charge >= 0.3 is 5.97 Å². The highest BCUT2D eigenvalue weighted by atomic mass is 16.4. The molecule has 0 aliphatic rings. The van der Waals surface area contributed by atoms with Gasteiger partial charge in [-0.05, 0) is 30.2 Å². The number of aliphatic carboxylic acids is 1. The first-order valence-corrected chi connectivity index (χ1v) is 6.86. The normalized spacial score (nSPS) is 12.4. The molecule has 0 saturated heterocycles. The number of benzene rings is 2. The van der Waals surface area contributed by atoms with E-state index in [9.17, 15) is 9.90 Å². The van der Waals surface area contributed by atoms with E-state index in [0.717, 1.165) is 27.7 Å². The van der Waals surface area contributed by atoms with E-state index in [0.29, 0.717) is 0 Å². The van der Waals surface area contributed by atoms with E-state index < -0.39 is 5.97 Å². The number of nitrogens with zero attached hydrogens (tertiary/aromatic N) is 1. The van der Waals surface area contributed by atoms with Crippen LogP contribution >= 0.6 is 0 Å². The molecule has 0 saturated carbocycles. The van der Waals surface area contributed by atoms with Crippen LogP contribution in [0.15, 0.2) is 48.5 Å². The molecule has 0 bridgehead atoms. The minimum absolute atomic E-state index is 0.0758. The molecule has 2 aromatic carbocycles. The van der Waals surface area contributed by atoms with Crippen LogP contribution in [0.3, 0.4) is 0 Å². The molecule has 1 aromatic heterocycles. The van der Waals surface area contributed by atoms with Gasteiger partial charge in [-0.3, -0.25) is 9.89 Å². The SMILES string of the molecule is Cc1[nH]nc2ccc(C(CC(=O)O)c3ccccc3)cc12. The van der Waals surface area contributed by atoms with Crippen molar-refractivity contribution in [1.29, 1.82) is 0 Å². The van der Waals surface area contributed by atoms with Gasteiger partial charge in [-0.25, -0.2) is 0 Å². The first-order valence-electron chi connectivity index (χ1n) is 6.86. The first-order chi connectivity index (χ1) is 10.1. The molecular weight excluding hydrogens is 264 g/mol. The third kappa shape index (κ3) is 2.65. The lowest BCUT2D eigenvalue weighted by molar-refractivity contribution is -0.137. The number of aromatic amines is 1. The Bertz CT molecular complexity index is 778. The second-order valence-corrected chi connectivity index (χ2v) is 5.19. The molecule has 21 heavy (non-hydrogen) atoms. The van der Waals surface area contributed by atoms with Gasteiger partial charge < -0.3 is 5.11 Å². The van der Waals surface area contributed by atoms with E-state index in [4.69, 9.17) is 0 Å². The fraction of sp³-hybridized carbons (Fsp3) is 0.176. The van der Waals surface area contributed by atoms with E-state index in [1.807, 2.05) is 55.5 Å². The summed E-state index contributed by atoms with van der Waals surface area (Å²) < 4.78 is 0. The highest BCUT2D eigenvalue weighted by Crippen LogP contribution is 2.30. The van der Waals surface area contributed by atoms with Crippen molar-refractivity contribution in [3.8, 4) is 0 Å². The van der Waals surface area contributed by atoms with Gasteiger partial charge in [0.15, 0.2) is 0 Å². The Hall–Kier alpha value is -2.62. The standard InChI is InChI=1S/C17H16N2O2/c1-11-14-9-13(7-8-16(14)19-18-11)15(10-17(20)21)12-5-3-2-4-6-12/h2-9,15H,10H2,1H3,(H,18,19)(H,20,21). The van der Waals surface area contributed by atoms with Crippen molar-refractivity contribution in [1.82, 2.24) is 10.2 Å². The zero-order valence-electron chi connectivity index (χ0n) is 11.7. The third-order valence-corrected chi connectivity index (χ3v) is 3.75. The molecule has 106 valence electrons. The zero-order chi connectivity index (χ0) is 14.8. The fourth-order valence-electron chi connectivity index (χ4n) is 2.66. The topological polar surface area (TPSA) is 66.0 Å². The molecule has 1 unspecified atom stereocenters. The van der Waals surface area contributed by atoms with Crippen molar-refractivity contribution in [3.63, 3.8) is 0 Å². The molecular formula is C17H16N2O2.